The molecule has 19 heavy (non-hydrogen) atoms. The highest BCUT2D eigenvalue weighted by Gasteiger charge is 2.19. The second kappa shape index (κ2) is 5.75. The molecule has 5 heteroatoms. The summed E-state index contributed by atoms with van der Waals surface area (Å²) in [6.45, 7) is 1.74. The lowest BCUT2D eigenvalue weighted by molar-refractivity contribution is 0.384. The second-order valence-corrected chi connectivity index (χ2v) is 4.18. The highest BCUT2D eigenvalue weighted by Crippen LogP contribution is 2.26. The molecule has 1 unspecified atom stereocenters. The van der Waals surface area contributed by atoms with E-state index in [1.54, 1.807) is 38.6 Å². The first-order valence-corrected chi connectivity index (χ1v) is 5.95. The van der Waals surface area contributed by atoms with Crippen molar-refractivity contribution in [3.8, 4) is 5.88 Å². The van der Waals surface area contributed by atoms with E-state index in [0.717, 1.165) is 5.56 Å². The van der Waals surface area contributed by atoms with Crippen molar-refractivity contribution in [3.63, 3.8) is 0 Å². The van der Waals surface area contributed by atoms with E-state index in [4.69, 9.17) is 4.74 Å². The number of rotatable bonds is 4. The molecule has 1 heterocycles. The molecule has 1 aromatic heterocycles. The molecule has 100 valence electrons. The molecule has 0 saturated carbocycles. The summed E-state index contributed by atoms with van der Waals surface area (Å²) in [7, 11) is 3.37. The maximum absolute atomic E-state index is 13.3. The number of hydrogen-bond acceptors (Lipinski definition) is 4. The van der Waals surface area contributed by atoms with E-state index in [9.17, 15) is 4.39 Å². The maximum Gasteiger partial charge on any atom is 0.237 e. The number of halogens is 1. The predicted octanol–water partition coefficient (Wildman–Crippen LogP) is 2.24. The summed E-state index contributed by atoms with van der Waals surface area (Å²) in [6.07, 6.45) is 3.18. The van der Waals surface area contributed by atoms with Gasteiger partial charge in [-0.25, -0.2) is 9.37 Å². The molecule has 0 fully saturated rings. The first kappa shape index (κ1) is 13.4. The zero-order valence-corrected chi connectivity index (χ0v) is 11.1. The zero-order valence-electron chi connectivity index (χ0n) is 11.1. The van der Waals surface area contributed by atoms with Crippen LogP contribution in [0.2, 0.25) is 0 Å². The van der Waals surface area contributed by atoms with Crippen LogP contribution in [0.3, 0.4) is 0 Å². The number of aromatic nitrogens is 2. The van der Waals surface area contributed by atoms with E-state index >= 15 is 0 Å². The lowest BCUT2D eigenvalue weighted by atomic mass is 10.0. The van der Waals surface area contributed by atoms with Crippen LogP contribution in [0.25, 0.3) is 0 Å². The summed E-state index contributed by atoms with van der Waals surface area (Å²) in [4.78, 5) is 8.44. The van der Waals surface area contributed by atoms with Crippen LogP contribution >= 0.6 is 0 Å². The molecule has 2 rings (SSSR count). The average Bonchev–Trinajstić information content (AvgIpc) is 2.44. The lowest BCUT2D eigenvalue weighted by Gasteiger charge is -2.18. The van der Waals surface area contributed by atoms with Crippen molar-refractivity contribution >= 4 is 0 Å². The summed E-state index contributed by atoms with van der Waals surface area (Å²) in [6, 6.07) is 4.79. The van der Waals surface area contributed by atoms with Gasteiger partial charge >= 0.3 is 0 Å². The van der Waals surface area contributed by atoms with Crippen molar-refractivity contribution in [1.29, 1.82) is 0 Å². The van der Waals surface area contributed by atoms with Crippen LogP contribution in [0.5, 0.6) is 5.88 Å². The zero-order chi connectivity index (χ0) is 13.8. The normalized spacial score (nSPS) is 12.2. The quantitative estimate of drug-likeness (QED) is 0.917. The van der Waals surface area contributed by atoms with Crippen LogP contribution in [0, 0.1) is 12.7 Å². The molecule has 0 amide bonds. The molecule has 0 bridgehead atoms. The Hall–Kier alpha value is -2.01. The Bertz CT molecular complexity index is 574. The van der Waals surface area contributed by atoms with Crippen LogP contribution in [-0.4, -0.2) is 24.1 Å². The Morgan fingerprint density at radius 2 is 2.00 bits per heavy atom. The summed E-state index contributed by atoms with van der Waals surface area (Å²) < 4.78 is 18.6. The Kier molecular flexibility index (Phi) is 4.06. The molecule has 0 radical (unpaired) electrons. The number of hydrogen-bond donors (Lipinski definition) is 1. The minimum Gasteiger partial charge on any atom is -0.480 e. The first-order valence-electron chi connectivity index (χ1n) is 5.95. The summed E-state index contributed by atoms with van der Waals surface area (Å²) in [5, 5.41) is 3.15. The molecule has 1 N–H and O–H groups in total. The van der Waals surface area contributed by atoms with Gasteiger partial charge in [-0.15, -0.1) is 0 Å². The fourth-order valence-corrected chi connectivity index (χ4v) is 2.00. The Labute approximate surface area is 111 Å². The van der Waals surface area contributed by atoms with Gasteiger partial charge in [0, 0.05) is 12.4 Å². The Balaban J connectivity index is 2.46. The third-order valence-corrected chi connectivity index (χ3v) is 2.96. The number of nitrogens with zero attached hydrogens (tertiary/aromatic N) is 2. The van der Waals surface area contributed by atoms with Gasteiger partial charge in [-0.05, 0) is 31.2 Å². The number of methoxy groups -OCH3 is 1. The highest BCUT2D eigenvalue weighted by molar-refractivity contribution is 5.35. The van der Waals surface area contributed by atoms with E-state index in [0.29, 0.717) is 17.1 Å². The molecular weight excluding hydrogens is 245 g/mol. The number of nitrogens with one attached hydrogen (secondary N) is 1. The monoisotopic (exact) mass is 261 g/mol. The van der Waals surface area contributed by atoms with Gasteiger partial charge in [-0.3, -0.25) is 4.98 Å². The third kappa shape index (κ3) is 2.71. The average molecular weight is 261 g/mol. The van der Waals surface area contributed by atoms with Crippen molar-refractivity contribution in [1.82, 2.24) is 15.3 Å². The van der Waals surface area contributed by atoms with E-state index in [-0.39, 0.29) is 11.9 Å². The van der Waals surface area contributed by atoms with E-state index < -0.39 is 0 Å². The van der Waals surface area contributed by atoms with Gasteiger partial charge in [-0.1, -0.05) is 12.1 Å². The molecule has 4 nitrogen and oxygen atoms in total. The number of benzene rings is 1. The fraction of sp³-hybridized carbons (Fsp3) is 0.286. The standard InChI is InChI=1S/C14H16FN3O/c1-9-8-10(4-5-11(9)15)12(16-2)13-14(19-3)18-7-6-17-13/h4-8,12,16H,1-3H3. The van der Waals surface area contributed by atoms with Crippen LogP contribution in [0.1, 0.15) is 22.9 Å². The molecule has 2 aromatic rings. The van der Waals surface area contributed by atoms with Gasteiger partial charge in [0.15, 0.2) is 0 Å². The molecular formula is C14H16FN3O. The summed E-state index contributed by atoms with van der Waals surface area (Å²) >= 11 is 0. The third-order valence-electron chi connectivity index (χ3n) is 2.96. The van der Waals surface area contributed by atoms with Crippen molar-refractivity contribution in [2.24, 2.45) is 0 Å². The van der Waals surface area contributed by atoms with E-state index in [2.05, 4.69) is 15.3 Å². The molecule has 1 aromatic carbocycles. The van der Waals surface area contributed by atoms with Gasteiger partial charge in [0.1, 0.15) is 11.5 Å². The SMILES string of the molecule is CNC(c1ccc(F)c(C)c1)c1nccnc1OC. The van der Waals surface area contributed by atoms with Crippen LogP contribution in [0.15, 0.2) is 30.6 Å². The van der Waals surface area contributed by atoms with Crippen LogP contribution < -0.4 is 10.1 Å². The Morgan fingerprint density at radius 1 is 1.26 bits per heavy atom. The number of aryl methyl sites for hydroxylation is 1. The molecule has 0 saturated heterocycles. The first-order chi connectivity index (χ1) is 9.17. The fourth-order valence-electron chi connectivity index (χ4n) is 2.00. The van der Waals surface area contributed by atoms with Crippen molar-refractivity contribution < 1.29 is 9.13 Å². The molecule has 0 aliphatic rings. The van der Waals surface area contributed by atoms with Gasteiger partial charge in [0.05, 0.1) is 13.2 Å². The predicted molar refractivity (Wildman–Crippen MR) is 70.6 cm³/mol. The highest BCUT2D eigenvalue weighted by atomic mass is 19.1. The molecule has 0 aliphatic carbocycles. The van der Waals surface area contributed by atoms with Gasteiger partial charge in [0.2, 0.25) is 5.88 Å². The van der Waals surface area contributed by atoms with E-state index in [1.165, 1.54) is 6.07 Å². The minimum absolute atomic E-state index is 0.192. The van der Waals surface area contributed by atoms with Gasteiger partial charge in [-0.2, -0.15) is 0 Å². The lowest BCUT2D eigenvalue weighted by Crippen LogP contribution is -2.20. The van der Waals surface area contributed by atoms with Crippen LogP contribution in [0.4, 0.5) is 4.39 Å². The largest absolute Gasteiger partial charge is 0.480 e. The summed E-state index contributed by atoms with van der Waals surface area (Å²) in [5.41, 5.74) is 2.19. The summed E-state index contributed by atoms with van der Waals surface area (Å²) in [5.74, 6) is 0.244. The molecule has 0 aliphatic heterocycles. The maximum atomic E-state index is 13.3. The van der Waals surface area contributed by atoms with Crippen molar-refractivity contribution in [3.05, 3.63) is 53.2 Å². The smallest absolute Gasteiger partial charge is 0.237 e. The van der Waals surface area contributed by atoms with Crippen molar-refractivity contribution in [2.45, 2.75) is 13.0 Å². The second-order valence-electron chi connectivity index (χ2n) is 4.18. The van der Waals surface area contributed by atoms with Crippen molar-refractivity contribution in [2.75, 3.05) is 14.2 Å². The van der Waals surface area contributed by atoms with Gasteiger partial charge in [0.25, 0.3) is 0 Å². The van der Waals surface area contributed by atoms with Gasteiger partial charge < -0.3 is 10.1 Å². The Morgan fingerprint density at radius 3 is 2.63 bits per heavy atom. The van der Waals surface area contributed by atoms with Crippen LogP contribution in [-0.2, 0) is 0 Å². The number of ether oxygens (including phenoxy) is 1. The van der Waals surface area contributed by atoms with E-state index in [1.807, 2.05) is 7.05 Å². The molecule has 1 atom stereocenters. The topological polar surface area (TPSA) is 47.0 Å². The minimum atomic E-state index is -0.218. The molecule has 0 spiro atoms.